The van der Waals surface area contributed by atoms with Crippen LogP contribution in [0.3, 0.4) is 0 Å². The molecule has 198 valence electrons. The maximum atomic E-state index is 13.1. The Hall–Kier alpha value is -3.65. The Bertz CT molecular complexity index is 1550. The summed E-state index contributed by atoms with van der Waals surface area (Å²) in [6.07, 6.45) is 2.67. The van der Waals surface area contributed by atoms with Gasteiger partial charge in [-0.15, -0.1) is 0 Å². The molecule has 4 rings (SSSR count). The maximum absolute atomic E-state index is 13.1. The Morgan fingerprint density at radius 3 is 2.53 bits per heavy atom. The van der Waals surface area contributed by atoms with Gasteiger partial charge >= 0.3 is 0 Å². The first-order valence-corrected chi connectivity index (χ1v) is 14.2. The number of sulfonamides is 1. The minimum Gasteiger partial charge on any atom is -0.491 e. The molecule has 0 saturated carbocycles. The van der Waals surface area contributed by atoms with Crippen molar-refractivity contribution in [3.63, 3.8) is 0 Å². The Morgan fingerprint density at radius 2 is 1.82 bits per heavy atom. The third-order valence-corrected chi connectivity index (χ3v) is 6.61. The van der Waals surface area contributed by atoms with Gasteiger partial charge < -0.3 is 20.5 Å². The summed E-state index contributed by atoms with van der Waals surface area (Å²) in [5, 5.41) is 15.3. The zero-order valence-corrected chi connectivity index (χ0v) is 22.7. The van der Waals surface area contributed by atoms with Gasteiger partial charge in [0, 0.05) is 40.4 Å². The van der Waals surface area contributed by atoms with E-state index in [0.717, 1.165) is 16.3 Å². The van der Waals surface area contributed by atoms with Crippen molar-refractivity contribution >= 4 is 54.5 Å². The summed E-state index contributed by atoms with van der Waals surface area (Å²) in [4.78, 5) is 26.6. The molecule has 11 nitrogen and oxygen atoms in total. The summed E-state index contributed by atoms with van der Waals surface area (Å²) in [5.41, 5.74) is 2.48. The van der Waals surface area contributed by atoms with Crippen LogP contribution in [0.4, 0.5) is 11.6 Å². The first-order chi connectivity index (χ1) is 18.2. The number of rotatable bonds is 11. The molecule has 0 radical (unpaired) electrons. The SMILES string of the molecule is CS(=O)(=O)NCCNC(=O)c1nc2nc(Nc3ccc(OCCO)cc3)ncc2cc1-c1ccccc1Br. The van der Waals surface area contributed by atoms with Crippen molar-refractivity contribution in [3.05, 3.63) is 71.0 Å². The van der Waals surface area contributed by atoms with Gasteiger partial charge in [0.05, 0.1) is 12.9 Å². The van der Waals surface area contributed by atoms with Crippen LogP contribution in [0.2, 0.25) is 0 Å². The lowest BCUT2D eigenvalue weighted by atomic mass is 10.0. The summed E-state index contributed by atoms with van der Waals surface area (Å²) in [6, 6.07) is 16.3. The molecule has 38 heavy (non-hydrogen) atoms. The first-order valence-electron chi connectivity index (χ1n) is 11.5. The van der Waals surface area contributed by atoms with E-state index in [1.54, 1.807) is 36.5 Å². The predicted molar refractivity (Wildman–Crippen MR) is 148 cm³/mol. The van der Waals surface area contributed by atoms with Crippen LogP contribution >= 0.6 is 15.9 Å². The number of aliphatic hydroxyl groups is 1. The van der Waals surface area contributed by atoms with Gasteiger partial charge in [-0.3, -0.25) is 4.79 Å². The molecule has 0 fully saturated rings. The summed E-state index contributed by atoms with van der Waals surface area (Å²) in [5.74, 6) is 0.429. The molecule has 0 bridgehead atoms. The number of ether oxygens (including phenoxy) is 1. The van der Waals surface area contributed by atoms with E-state index in [-0.39, 0.29) is 37.9 Å². The quantitative estimate of drug-likeness (QED) is 0.190. The number of fused-ring (bicyclic) bond motifs is 1. The first kappa shape index (κ1) is 27.4. The second kappa shape index (κ2) is 12.3. The standard InChI is InChI=1S/C25H25BrN6O5S/c1-38(35,36)29-11-10-27-24(34)22-20(19-4-2-3-5-21(19)26)14-16-15-28-25(32-23(16)31-22)30-17-6-8-18(9-7-17)37-13-12-33/h2-9,14-15,29,33H,10-13H2,1H3,(H,27,34)(H,28,30,31,32). The number of nitrogens with one attached hydrogen (secondary N) is 3. The van der Waals surface area contributed by atoms with Crippen LogP contribution in [-0.2, 0) is 10.0 Å². The van der Waals surface area contributed by atoms with E-state index in [9.17, 15) is 13.2 Å². The van der Waals surface area contributed by atoms with Crippen LogP contribution in [0.25, 0.3) is 22.2 Å². The molecular formula is C25H25BrN6O5S. The van der Waals surface area contributed by atoms with Gasteiger partial charge in [-0.25, -0.2) is 23.1 Å². The van der Waals surface area contributed by atoms with Crippen molar-refractivity contribution in [3.8, 4) is 16.9 Å². The highest BCUT2D eigenvalue weighted by molar-refractivity contribution is 9.10. The molecule has 2 heterocycles. The number of amides is 1. The van der Waals surface area contributed by atoms with Crippen molar-refractivity contribution in [1.29, 1.82) is 0 Å². The molecule has 13 heteroatoms. The lowest BCUT2D eigenvalue weighted by molar-refractivity contribution is 0.0950. The van der Waals surface area contributed by atoms with Gasteiger partial charge in [-0.2, -0.15) is 4.98 Å². The largest absolute Gasteiger partial charge is 0.491 e. The molecule has 0 unspecified atom stereocenters. The predicted octanol–water partition coefficient (Wildman–Crippen LogP) is 2.85. The molecule has 0 saturated heterocycles. The van der Waals surface area contributed by atoms with Crippen LogP contribution in [-0.4, -0.2) is 66.9 Å². The van der Waals surface area contributed by atoms with E-state index in [2.05, 4.69) is 46.2 Å². The van der Waals surface area contributed by atoms with Crippen molar-refractivity contribution in [2.45, 2.75) is 0 Å². The third kappa shape index (κ3) is 7.22. The van der Waals surface area contributed by atoms with Gasteiger partial charge in [-0.1, -0.05) is 34.1 Å². The molecular weight excluding hydrogens is 576 g/mol. The Balaban J connectivity index is 1.64. The van der Waals surface area contributed by atoms with Crippen molar-refractivity contribution < 1.29 is 23.1 Å². The van der Waals surface area contributed by atoms with Crippen LogP contribution in [0, 0.1) is 0 Å². The highest BCUT2D eigenvalue weighted by atomic mass is 79.9. The monoisotopic (exact) mass is 600 g/mol. The number of anilines is 2. The number of carbonyl (C=O) groups is 1. The number of hydrogen-bond acceptors (Lipinski definition) is 9. The molecule has 2 aromatic carbocycles. The van der Waals surface area contributed by atoms with Gasteiger partial charge in [0.25, 0.3) is 5.91 Å². The zero-order valence-electron chi connectivity index (χ0n) is 20.3. The molecule has 0 aliphatic heterocycles. The fourth-order valence-corrected chi connectivity index (χ4v) is 4.48. The number of carbonyl (C=O) groups excluding carboxylic acids is 1. The van der Waals surface area contributed by atoms with E-state index in [0.29, 0.717) is 28.0 Å². The average molecular weight is 601 g/mol. The van der Waals surface area contributed by atoms with Crippen LogP contribution in [0.15, 0.2) is 65.3 Å². The fraction of sp³-hybridized carbons (Fsp3) is 0.200. The number of aromatic nitrogens is 3. The molecule has 0 atom stereocenters. The molecule has 0 aliphatic carbocycles. The van der Waals surface area contributed by atoms with E-state index in [4.69, 9.17) is 9.84 Å². The van der Waals surface area contributed by atoms with Gasteiger partial charge in [-0.05, 0) is 42.0 Å². The zero-order chi connectivity index (χ0) is 27.1. The summed E-state index contributed by atoms with van der Waals surface area (Å²) < 4.78 is 31.1. The van der Waals surface area contributed by atoms with Gasteiger partial charge in [0.1, 0.15) is 18.1 Å². The summed E-state index contributed by atoms with van der Waals surface area (Å²) >= 11 is 3.53. The number of halogens is 1. The van der Waals surface area contributed by atoms with E-state index in [1.165, 1.54) is 0 Å². The fourth-order valence-electron chi connectivity index (χ4n) is 3.51. The third-order valence-electron chi connectivity index (χ3n) is 5.19. The highest BCUT2D eigenvalue weighted by Gasteiger charge is 2.19. The molecule has 4 N–H and O–H groups in total. The summed E-state index contributed by atoms with van der Waals surface area (Å²) in [6.45, 7) is 0.258. The lowest BCUT2D eigenvalue weighted by Gasteiger charge is -2.13. The Labute approximate surface area is 227 Å². The number of pyridine rings is 1. The van der Waals surface area contributed by atoms with Crippen LogP contribution < -0.4 is 20.1 Å². The topological polar surface area (TPSA) is 155 Å². The molecule has 0 spiro atoms. The van der Waals surface area contributed by atoms with Crippen LogP contribution in [0.5, 0.6) is 5.75 Å². The molecule has 1 amide bonds. The smallest absolute Gasteiger partial charge is 0.270 e. The Kier molecular flexibility index (Phi) is 8.84. The normalized spacial score (nSPS) is 11.3. The summed E-state index contributed by atoms with van der Waals surface area (Å²) in [7, 11) is -3.37. The minimum atomic E-state index is -3.37. The van der Waals surface area contributed by atoms with Gasteiger partial charge in [0.15, 0.2) is 5.65 Å². The van der Waals surface area contributed by atoms with E-state index >= 15 is 0 Å². The van der Waals surface area contributed by atoms with Gasteiger partial charge in [0.2, 0.25) is 16.0 Å². The second-order valence-corrected chi connectivity index (χ2v) is 10.8. The van der Waals surface area contributed by atoms with Crippen molar-refractivity contribution in [2.24, 2.45) is 0 Å². The molecule has 0 aliphatic rings. The van der Waals surface area contributed by atoms with Crippen LogP contribution in [0.1, 0.15) is 10.5 Å². The Morgan fingerprint density at radius 1 is 1.05 bits per heavy atom. The van der Waals surface area contributed by atoms with E-state index in [1.807, 2.05) is 24.3 Å². The number of hydrogen-bond donors (Lipinski definition) is 4. The number of benzene rings is 2. The highest BCUT2D eigenvalue weighted by Crippen LogP contribution is 2.32. The maximum Gasteiger partial charge on any atom is 0.270 e. The molecule has 4 aromatic rings. The molecule has 2 aromatic heterocycles. The number of aliphatic hydroxyl groups excluding tert-OH is 1. The second-order valence-electron chi connectivity index (χ2n) is 8.11. The average Bonchev–Trinajstić information content (AvgIpc) is 2.89. The minimum absolute atomic E-state index is 0.0442. The van der Waals surface area contributed by atoms with Crippen molar-refractivity contribution in [2.75, 3.05) is 37.9 Å². The number of nitrogens with zero attached hydrogens (tertiary/aromatic N) is 3. The van der Waals surface area contributed by atoms with E-state index < -0.39 is 15.9 Å². The van der Waals surface area contributed by atoms with Crippen molar-refractivity contribution in [1.82, 2.24) is 25.0 Å². The lowest BCUT2D eigenvalue weighted by Crippen LogP contribution is -2.34.